The largest absolute Gasteiger partial charge is 0.507 e. The molecule has 0 bridgehead atoms. The Bertz CT molecular complexity index is 992. The molecule has 0 radical (unpaired) electrons. The molecular formula is C33H52N2O4. The lowest BCUT2D eigenvalue weighted by atomic mass is 9.78. The molecule has 1 atom stereocenters. The third kappa shape index (κ3) is 10.1. The summed E-state index contributed by atoms with van der Waals surface area (Å²) < 4.78 is 0. The predicted octanol–water partition coefficient (Wildman–Crippen LogP) is 7.27. The van der Waals surface area contributed by atoms with Gasteiger partial charge >= 0.3 is 0 Å². The molecule has 0 saturated carbocycles. The molecule has 0 spiro atoms. The van der Waals surface area contributed by atoms with Crippen molar-refractivity contribution in [1.82, 2.24) is 10.4 Å². The Hall–Kier alpha value is -2.63. The Labute approximate surface area is 236 Å². The zero-order valence-corrected chi connectivity index (χ0v) is 25.7. The number of carbonyl (C=O) groups is 3. The SMILES string of the molecule is CC(C)CCCCCCC=CCC1CC(=O)N(NC(=O)CCc2cc(C(C)(C)C)c(O)c(C(C)(C)C)c2)C1=O. The van der Waals surface area contributed by atoms with E-state index in [4.69, 9.17) is 0 Å². The molecule has 2 rings (SSSR count). The molecule has 0 aliphatic carbocycles. The number of phenolic OH excluding ortho intramolecular Hbond substituents is 1. The third-order valence-corrected chi connectivity index (χ3v) is 7.39. The molecule has 1 heterocycles. The van der Waals surface area contributed by atoms with Crippen molar-refractivity contribution in [3.05, 3.63) is 41.0 Å². The lowest BCUT2D eigenvalue weighted by Gasteiger charge is -2.28. The number of hydrogen-bond donors (Lipinski definition) is 2. The van der Waals surface area contributed by atoms with Crippen molar-refractivity contribution in [3.63, 3.8) is 0 Å². The van der Waals surface area contributed by atoms with E-state index in [9.17, 15) is 19.5 Å². The number of unbranched alkanes of at least 4 members (excludes halogenated alkanes) is 4. The van der Waals surface area contributed by atoms with E-state index in [-0.39, 0.29) is 41.4 Å². The first-order valence-electron chi connectivity index (χ1n) is 14.8. The van der Waals surface area contributed by atoms with Crippen LogP contribution in [0.25, 0.3) is 0 Å². The van der Waals surface area contributed by atoms with Gasteiger partial charge in [0.15, 0.2) is 0 Å². The van der Waals surface area contributed by atoms with Crippen LogP contribution in [-0.2, 0) is 31.6 Å². The summed E-state index contributed by atoms with van der Waals surface area (Å²) in [4.78, 5) is 38.0. The highest BCUT2D eigenvalue weighted by Gasteiger charge is 2.39. The second kappa shape index (κ2) is 14.1. The van der Waals surface area contributed by atoms with Gasteiger partial charge in [-0.2, -0.15) is 5.01 Å². The number of aromatic hydroxyl groups is 1. The number of benzene rings is 1. The first-order valence-corrected chi connectivity index (χ1v) is 14.8. The Balaban J connectivity index is 1.88. The van der Waals surface area contributed by atoms with Gasteiger partial charge in [0.25, 0.3) is 5.91 Å². The van der Waals surface area contributed by atoms with Crippen molar-refractivity contribution < 1.29 is 19.5 Å². The summed E-state index contributed by atoms with van der Waals surface area (Å²) in [5, 5.41) is 11.8. The molecule has 0 aromatic heterocycles. The van der Waals surface area contributed by atoms with Crippen molar-refractivity contribution in [3.8, 4) is 5.75 Å². The number of amides is 3. The van der Waals surface area contributed by atoms with Gasteiger partial charge in [-0.25, -0.2) is 0 Å². The van der Waals surface area contributed by atoms with Gasteiger partial charge < -0.3 is 5.11 Å². The van der Waals surface area contributed by atoms with Crippen molar-refractivity contribution in [2.24, 2.45) is 11.8 Å². The molecule has 3 amide bonds. The lowest BCUT2D eigenvalue weighted by Crippen LogP contribution is -2.46. The van der Waals surface area contributed by atoms with E-state index in [1.54, 1.807) is 0 Å². The second-order valence-electron chi connectivity index (χ2n) is 13.6. The van der Waals surface area contributed by atoms with E-state index in [0.717, 1.165) is 40.5 Å². The number of allylic oxidation sites excluding steroid dienone is 2. The topological polar surface area (TPSA) is 86.7 Å². The van der Waals surface area contributed by atoms with E-state index < -0.39 is 5.92 Å². The standard InChI is InChI=1S/C33H52N2O4/c1-23(2)16-14-12-10-9-11-13-15-17-25-22-29(37)35(31(25)39)34-28(36)19-18-24-20-26(32(3,4)5)30(38)27(21-24)33(6,7)8/h13,15,20-21,23,25,38H,9-12,14,16-19,22H2,1-8H3,(H,34,36). The number of nitrogens with zero attached hydrogens (tertiary/aromatic N) is 1. The molecule has 1 fully saturated rings. The molecule has 1 aliphatic heterocycles. The van der Waals surface area contributed by atoms with Gasteiger partial charge in [0.2, 0.25) is 11.8 Å². The minimum atomic E-state index is -0.416. The van der Waals surface area contributed by atoms with Crippen LogP contribution in [0.2, 0.25) is 0 Å². The number of imide groups is 1. The molecule has 1 aliphatic rings. The first kappa shape index (κ1) is 32.6. The number of nitrogens with one attached hydrogen (secondary N) is 1. The molecule has 6 heteroatoms. The molecule has 1 saturated heterocycles. The lowest BCUT2D eigenvalue weighted by molar-refractivity contribution is -0.148. The van der Waals surface area contributed by atoms with E-state index in [1.165, 1.54) is 25.7 Å². The molecule has 1 aromatic carbocycles. The maximum Gasteiger partial charge on any atom is 0.252 e. The number of carbonyl (C=O) groups excluding carboxylic acids is 3. The van der Waals surface area contributed by atoms with Gasteiger partial charge in [0.05, 0.1) is 5.92 Å². The van der Waals surface area contributed by atoms with Crippen LogP contribution in [-0.4, -0.2) is 27.8 Å². The van der Waals surface area contributed by atoms with Gasteiger partial charge in [-0.3, -0.25) is 19.8 Å². The maximum atomic E-state index is 12.8. The molecule has 6 nitrogen and oxygen atoms in total. The smallest absolute Gasteiger partial charge is 0.252 e. The number of hydrazine groups is 1. The normalized spacial score (nSPS) is 16.6. The van der Waals surface area contributed by atoms with Crippen LogP contribution in [0.5, 0.6) is 5.75 Å². The van der Waals surface area contributed by atoms with Gasteiger partial charge in [-0.05, 0) is 59.1 Å². The van der Waals surface area contributed by atoms with Crippen LogP contribution in [0, 0.1) is 11.8 Å². The zero-order chi connectivity index (χ0) is 29.4. The third-order valence-electron chi connectivity index (χ3n) is 7.39. The maximum absolute atomic E-state index is 12.8. The zero-order valence-electron chi connectivity index (χ0n) is 25.7. The van der Waals surface area contributed by atoms with Crippen LogP contribution in [0.1, 0.15) is 130 Å². The van der Waals surface area contributed by atoms with E-state index in [0.29, 0.717) is 18.6 Å². The number of hydrogen-bond acceptors (Lipinski definition) is 4. The highest BCUT2D eigenvalue weighted by Crippen LogP contribution is 2.40. The molecule has 1 aromatic rings. The number of aryl methyl sites for hydroxylation is 1. The van der Waals surface area contributed by atoms with Crippen molar-refractivity contribution >= 4 is 17.7 Å². The highest BCUT2D eigenvalue weighted by atomic mass is 16.3. The van der Waals surface area contributed by atoms with Gasteiger partial charge in [0.1, 0.15) is 5.75 Å². The monoisotopic (exact) mass is 540 g/mol. The van der Waals surface area contributed by atoms with E-state index in [2.05, 4.69) is 66.9 Å². The van der Waals surface area contributed by atoms with Crippen LogP contribution >= 0.6 is 0 Å². The molecule has 218 valence electrons. The van der Waals surface area contributed by atoms with Crippen LogP contribution in [0.3, 0.4) is 0 Å². The van der Waals surface area contributed by atoms with E-state index in [1.807, 2.05) is 18.2 Å². The average Bonchev–Trinajstić information content (AvgIpc) is 3.08. The van der Waals surface area contributed by atoms with Crippen LogP contribution in [0.4, 0.5) is 0 Å². The first-order chi connectivity index (χ1) is 18.1. The molecule has 2 N–H and O–H groups in total. The summed E-state index contributed by atoms with van der Waals surface area (Å²) in [7, 11) is 0. The summed E-state index contributed by atoms with van der Waals surface area (Å²) in [5.74, 6) is -0.400. The fourth-order valence-electron chi connectivity index (χ4n) is 4.96. The minimum absolute atomic E-state index is 0.125. The average molecular weight is 541 g/mol. The molecule has 1 unspecified atom stereocenters. The van der Waals surface area contributed by atoms with E-state index >= 15 is 0 Å². The summed E-state index contributed by atoms with van der Waals surface area (Å²) >= 11 is 0. The van der Waals surface area contributed by atoms with Crippen molar-refractivity contribution in [2.45, 2.75) is 130 Å². The Kier molecular flexibility index (Phi) is 11.8. The summed E-state index contributed by atoms with van der Waals surface area (Å²) in [6.45, 7) is 16.8. The summed E-state index contributed by atoms with van der Waals surface area (Å²) in [5.41, 5.74) is 4.66. The number of phenols is 1. The highest BCUT2D eigenvalue weighted by molar-refractivity contribution is 6.04. The molecule has 39 heavy (non-hydrogen) atoms. The second-order valence-corrected chi connectivity index (χ2v) is 13.6. The predicted molar refractivity (Wildman–Crippen MR) is 158 cm³/mol. The fourth-order valence-corrected chi connectivity index (χ4v) is 4.96. The van der Waals surface area contributed by atoms with Crippen molar-refractivity contribution in [1.29, 1.82) is 0 Å². The minimum Gasteiger partial charge on any atom is -0.507 e. The van der Waals surface area contributed by atoms with Crippen molar-refractivity contribution in [2.75, 3.05) is 0 Å². The Morgan fingerprint density at radius 1 is 1.00 bits per heavy atom. The fraction of sp³-hybridized carbons (Fsp3) is 0.667. The van der Waals surface area contributed by atoms with Gasteiger partial charge in [-0.15, -0.1) is 0 Å². The Morgan fingerprint density at radius 3 is 2.15 bits per heavy atom. The summed E-state index contributed by atoms with van der Waals surface area (Å²) in [6.07, 6.45) is 12.5. The summed E-state index contributed by atoms with van der Waals surface area (Å²) in [6, 6.07) is 3.91. The van der Waals surface area contributed by atoms with Crippen LogP contribution in [0.15, 0.2) is 24.3 Å². The number of rotatable bonds is 13. The van der Waals surface area contributed by atoms with Gasteiger partial charge in [-0.1, -0.05) is 105 Å². The molecular weight excluding hydrogens is 488 g/mol. The Morgan fingerprint density at radius 2 is 1.59 bits per heavy atom. The quantitative estimate of drug-likeness (QED) is 0.156. The van der Waals surface area contributed by atoms with Crippen LogP contribution < -0.4 is 5.43 Å². The van der Waals surface area contributed by atoms with Gasteiger partial charge in [0, 0.05) is 12.8 Å².